The molecule has 3 aromatic rings. The number of hydrogen-bond acceptors (Lipinski definition) is 2. The average Bonchev–Trinajstić information content (AvgIpc) is 3.27. The minimum absolute atomic E-state index is 0.0435. The smallest absolute Gasteiger partial charge is 0.170 e. The second kappa shape index (κ2) is 9.23. The van der Waals surface area contributed by atoms with Gasteiger partial charge < -0.3 is 14.8 Å². The molecule has 162 valence electrons. The van der Waals surface area contributed by atoms with Crippen molar-refractivity contribution in [1.82, 2.24) is 19.8 Å². The van der Waals surface area contributed by atoms with Crippen LogP contribution in [0.5, 0.6) is 0 Å². The Balaban J connectivity index is 1.79. The van der Waals surface area contributed by atoms with Gasteiger partial charge in [-0.25, -0.2) is 0 Å². The van der Waals surface area contributed by atoms with Crippen LogP contribution in [-0.4, -0.2) is 26.1 Å². The minimum Gasteiger partial charge on any atom is -0.352 e. The molecule has 1 saturated heterocycles. The number of thiocarbonyl (C=S) groups is 1. The Hall–Kier alpha value is -2.66. The molecule has 3 heterocycles. The van der Waals surface area contributed by atoms with E-state index < -0.39 is 0 Å². The molecule has 1 aliphatic heterocycles. The van der Waals surface area contributed by atoms with Gasteiger partial charge in [0, 0.05) is 29.8 Å². The summed E-state index contributed by atoms with van der Waals surface area (Å²) in [5.74, 6) is 0. The molecule has 0 bridgehead atoms. The van der Waals surface area contributed by atoms with Crippen LogP contribution in [0.25, 0.3) is 5.69 Å². The number of unbranched alkanes of at least 4 members (excludes halogenated alkanes) is 1. The molecule has 0 amide bonds. The number of rotatable bonds is 7. The fraction of sp³-hybridized carbons (Fsp3) is 0.385. The maximum atomic E-state index is 5.79. The van der Waals surface area contributed by atoms with Gasteiger partial charge >= 0.3 is 0 Å². The van der Waals surface area contributed by atoms with E-state index in [-0.39, 0.29) is 12.1 Å². The predicted molar refractivity (Wildman–Crippen MR) is 132 cm³/mol. The standard InChI is InChI=1S/C26H32N4S/c1-5-7-16-29-25(24(28-26(29)31)23-10-8-9-15-27-23)22-17-18(3)30(19(22)4)21-13-11-20(6-2)12-14-21/h8-15,17,24-25H,5-7,16H2,1-4H3,(H,28,31)/t24-,25+/m0/s1. The number of pyridine rings is 1. The van der Waals surface area contributed by atoms with Crippen molar-refractivity contribution in [2.24, 2.45) is 0 Å². The van der Waals surface area contributed by atoms with E-state index in [4.69, 9.17) is 12.2 Å². The Morgan fingerprint density at radius 1 is 1.06 bits per heavy atom. The van der Waals surface area contributed by atoms with Crippen molar-refractivity contribution in [2.75, 3.05) is 6.54 Å². The van der Waals surface area contributed by atoms with E-state index in [9.17, 15) is 0 Å². The Kier molecular flexibility index (Phi) is 6.42. The van der Waals surface area contributed by atoms with Crippen LogP contribution >= 0.6 is 12.2 Å². The third kappa shape index (κ3) is 4.11. The summed E-state index contributed by atoms with van der Waals surface area (Å²) in [6.07, 6.45) is 5.18. The molecule has 1 aromatic carbocycles. The second-order valence-electron chi connectivity index (χ2n) is 8.36. The van der Waals surface area contributed by atoms with E-state index in [2.05, 4.69) is 89.9 Å². The number of benzene rings is 1. The summed E-state index contributed by atoms with van der Waals surface area (Å²) >= 11 is 5.79. The molecule has 0 radical (unpaired) electrons. The lowest BCUT2D eigenvalue weighted by Gasteiger charge is -2.28. The number of nitrogens with one attached hydrogen (secondary N) is 1. The van der Waals surface area contributed by atoms with E-state index in [1.807, 2.05) is 12.3 Å². The fourth-order valence-electron chi connectivity index (χ4n) is 4.68. The van der Waals surface area contributed by atoms with Crippen molar-refractivity contribution in [3.63, 3.8) is 0 Å². The van der Waals surface area contributed by atoms with Crippen LogP contribution in [0, 0.1) is 13.8 Å². The van der Waals surface area contributed by atoms with Crippen LogP contribution in [0.2, 0.25) is 0 Å². The Morgan fingerprint density at radius 2 is 1.84 bits per heavy atom. The Bertz CT molecular complexity index is 1040. The van der Waals surface area contributed by atoms with Crippen molar-refractivity contribution >= 4 is 17.3 Å². The van der Waals surface area contributed by atoms with Crippen molar-refractivity contribution in [3.05, 3.63) is 82.9 Å². The van der Waals surface area contributed by atoms with Crippen LogP contribution < -0.4 is 5.32 Å². The molecular formula is C26H32N4S. The van der Waals surface area contributed by atoms with Gasteiger partial charge in [0.05, 0.1) is 17.8 Å². The topological polar surface area (TPSA) is 33.1 Å². The Morgan fingerprint density at radius 3 is 2.48 bits per heavy atom. The molecule has 0 unspecified atom stereocenters. The highest BCUT2D eigenvalue weighted by molar-refractivity contribution is 7.80. The van der Waals surface area contributed by atoms with Gasteiger partial charge in [-0.3, -0.25) is 4.98 Å². The molecule has 31 heavy (non-hydrogen) atoms. The van der Waals surface area contributed by atoms with Gasteiger partial charge in [-0.2, -0.15) is 0 Å². The number of aryl methyl sites for hydroxylation is 2. The van der Waals surface area contributed by atoms with Gasteiger partial charge in [-0.15, -0.1) is 0 Å². The molecule has 5 heteroatoms. The van der Waals surface area contributed by atoms with Gasteiger partial charge in [-0.1, -0.05) is 38.5 Å². The fourth-order valence-corrected chi connectivity index (χ4v) is 5.01. The highest BCUT2D eigenvalue weighted by Crippen LogP contribution is 2.41. The van der Waals surface area contributed by atoms with Gasteiger partial charge in [0.2, 0.25) is 0 Å². The Labute approximate surface area is 191 Å². The van der Waals surface area contributed by atoms with Crippen LogP contribution in [0.1, 0.15) is 67.0 Å². The summed E-state index contributed by atoms with van der Waals surface area (Å²) in [6.45, 7) is 9.79. The molecule has 2 atom stereocenters. The first-order valence-electron chi connectivity index (χ1n) is 11.3. The normalized spacial score (nSPS) is 18.5. The van der Waals surface area contributed by atoms with Crippen LogP contribution in [0.4, 0.5) is 0 Å². The first-order valence-corrected chi connectivity index (χ1v) is 11.7. The summed E-state index contributed by atoms with van der Waals surface area (Å²) < 4.78 is 2.36. The maximum Gasteiger partial charge on any atom is 0.170 e. The molecule has 0 aliphatic carbocycles. The number of aromatic nitrogens is 2. The zero-order valence-corrected chi connectivity index (χ0v) is 19.7. The number of nitrogens with zero attached hydrogens (tertiary/aromatic N) is 3. The van der Waals surface area contributed by atoms with Crippen molar-refractivity contribution in [3.8, 4) is 5.69 Å². The summed E-state index contributed by atoms with van der Waals surface area (Å²) in [5.41, 5.74) is 7.42. The minimum atomic E-state index is 0.0435. The summed E-state index contributed by atoms with van der Waals surface area (Å²) in [7, 11) is 0. The van der Waals surface area contributed by atoms with Crippen LogP contribution in [-0.2, 0) is 6.42 Å². The maximum absolute atomic E-state index is 5.79. The summed E-state index contributed by atoms with van der Waals surface area (Å²) in [4.78, 5) is 7.03. The van der Waals surface area contributed by atoms with Gasteiger partial charge in [-0.05, 0) is 80.4 Å². The van der Waals surface area contributed by atoms with Gasteiger partial charge in [0.1, 0.15) is 0 Å². The molecule has 4 nitrogen and oxygen atoms in total. The predicted octanol–water partition coefficient (Wildman–Crippen LogP) is 5.82. The molecule has 1 fully saturated rings. The van der Waals surface area contributed by atoms with E-state index in [0.29, 0.717) is 0 Å². The lowest BCUT2D eigenvalue weighted by atomic mass is 9.96. The SMILES string of the molecule is CCCCN1C(=S)N[C@@H](c2ccccn2)[C@H]1c1cc(C)n(-c2ccc(CC)cc2)c1C. The zero-order valence-electron chi connectivity index (χ0n) is 18.9. The van der Waals surface area contributed by atoms with Crippen LogP contribution in [0.3, 0.4) is 0 Å². The largest absolute Gasteiger partial charge is 0.352 e. The molecule has 1 N–H and O–H groups in total. The lowest BCUT2D eigenvalue weighted by Crippen LogP contribution is -2.30. The molecule has 2 aromatic heterocycles. The van der Waals surface area contributed by atoms with Crippen molar-refractivity contribution in [2.45, 2.75) is 59.0 Å². The average molecular weight is 433 g/mol. The first kappa shape index (κ1) is 21.6. The lowest BCUT2D eigenvalue weighted by molar-refractivity contribution is 0.312. The van der Waals surface area contributed by atoms with Gasteiger partial charge in [0.15, 0.2) is 5.11 Å². The summed E-state index contributed by atoms with van der Waals surface area (Å²) in [6, 6.07) is 17.5. The van der Waals surface area contributed by atoms with E-state index in [1.54, 1.807) is 0 Å². The molecular weight excluding hydrogens is 400 g/mol. The second-order valence-corrected chi connectivity index (χ2v) is 8.74. The molecule has 0 saturated carbocycles. The number of hydrogen-bond donors (Lipinski definition) is 1. The zero-order chi connectivity index (χ0) is 22.0. The van der Waals surface area contributed by atoms with Crippen molar-refractivity contribution < 1.29 is 0 Å². The monoisotopic (exact) mass is 432 g/mol. The van der Waals surface area contributed by atoms with E-state index >= 15 is 0 Å². The molecule has 0 spiro atoms. The van der Waals surface area contributed by atoms with Crippen molar-refractivity contribution in [1.29, 1.82) is 0 Å². The molecule has 1 aliphatic rings. The van der Waals surface area contributed by atoms with E-state index in [0.717, 1.165) is 36.6 Å². The van der Waals surface area contributed by atoms with E-state index in [1.165, 1.54) is 28.2 Å². The first-order chi connectivity index (χ1) is 15.0. The molecule has 4 rings (SSSR count). The third-order valence-electron chi connectivity index (χ3n) is 6.34. The van der Waals surface area contributed by atoms with Gasteiger partial charge in [0.25, 0.3) is 0 Å². The highest BCUT2D eigenvalue weighted by Gasteiger charge is 2.41. The van der Waals surface area contributed by atoms with Crippen LogP contribution in [0.15, 0.2) is 54.7 Å². The summed E-state index contributed by atoms with van der Waals surface area (Å²) in [5, 5.41) is 4.40. The highest BCUT2D eigenvalue weighted by atomic mass is 32.1. The quantitative estimate of drug-likeness (QED) is 0.477. The third-order valence-corrected chi connectivity index (χ3v) is 6.69.